The Morgan fingerprint density at radius 3 is 2.68 bits per heavy atom. The van der Waals surface area contributed by atoms with Gasteiger partial charge in [0.1, 0.15) is 6.04 Å². The third kappa shape index (κ3) is 3.07. The van der Waals surface area contributed by atoms with Crippen LogP contribution in [0.3, 0.4) is 0 Å². The van der Waals surface area contributed by atoms with E-state index in [9.17, 15) is 13.2 Å². The standard InChI is InChI=1S/C13H10F3N3/c14-13(15,16)11-3-1-2-4-12(11)19-9-5-6-18-10(7-9)8-17/h1-7,10,18-19H. The topological polar surface area (TPSA) is 47.9 Å². The van der Waals surface area contributed by atoms with Gasteiger partial charge in [-0.15, -0.1) is 0 Å². The van der Waals surface area contributed by atoms with Crippen LogP contribution in [0.15, 0.2) is 48.3 Å². The molecule has 1 aliphatic rings. The predicted octanol–water partition coefficient (Wildman–Crippen LogP) is 3.01. The molecule has 6 heteroatoms. The van der Waals surface area contributed by atoms with Crippen molar-refractivity contribution < 1.29 is 13.2 Å². The molecule has 0 spiro atoms. The second-order valence-electron chi connectivity index (χ2n) is 3.90. The van der Waals surface area contributed by atoms with E-state index in [1.807, 2.05) is 6.07 Å². The van der Waals surface area contributed by atoms with Crippen molar-refractivity contribution in [1.82, 2.24) is 5.32 Å². The van der Waals surface area contributed by atoms with Crippen molar-refractivity contribution in [3.05, 3.63) is 53.9 Å². The van der Waals surface area contributed by atoms with Gasteiger partial charge >= 0.3 is 6.18 Å². The fraction of sp³-hybridized carbons (Fsp3) is 0.154. The molecule has 3 nitrogen and oxygen atoms in total. The molecule has 2 rings (SSSR count). The SMILES string of the molecule is N#CC1C=C(Nc2ccccc2C(F)(F)F)C=CN1. The maximum atomic E-state index is 12.8. The summed E-state index contributed by atoms with van der Waals surface area (Å²) in [5, 5.41) is 14.2. The van der Waals surface area contributed by atoms with E-state index in [4.69, 9.17) is 5.26 Å². The number of nitrogens with one attached hydrogen (secondary N) is 2. The molecule has 2 N–H and O–H groups in total. The van der Waals surface area contributed by atoms with Crippen molar-refractivity contribution in [2.75, 3.05) is 5.32 Å². The molecule has 0 fully saturated rings. The lowest BCUT2D eigenvalue weighted by Gasteiger charge is -2.18. The van der Waals surface area contributed by atoms with E-state index in [0.29, 0.717) is 5.70 Å². The Kier molecular flexibility index (Phi) is 3.47. The first-order valence-electron chi connectivity index (χ1n) is 5.48. The second kappa shape index (κ2) is 5.06. The molecular formula is C13H10F3N3. The summed E-state index contributed by atoms with van der Waals surface area (Å²) in [7, 11) is 0. The van der Waals surface area contributed by atoms with Crippen LogP contribution in [0.2, 0.25) is 0 Å². The number of allylic oxidation sites excluding steroid dienone is 1. The molecule has 0 saturated carbocycles. The fourth-order valence-corrected chi connectivity index (χ4v) is 1.68. The molecule has 0 aromatic heterocycles. The third-order valence-corrected chi connectivity index (χ3v) is 2.54. The zero-order valence-electron chi connectivity index (χ0n) is 9.70. The smallest absolute Gasteiger partial charge is 0.373 e. The van der Waals surface area contributed by atoms with Gasteiger partial charge in [-0.05, 0) is 30.5 Å². The molecule has 1 aromatic carbocycles. The fourth-order valence-electron chi connectivity index (χ4n) is 1.68. The highest BCUT2D eigenvalue weighted by Gasteiger charge is 2.33. The lowest BCUT2D eigenvalue weighted by molar-refractivity contribution is -0.136. The van der Waals surface area contributed by atoms with E-state index in [-0.39, 0.29) is 5.69 Å². The quantitative estimate of drug-likeness (QED) is 0.864. The number of alkyl halides is 3. The molecule has 0 radical (unpaired) electrons. The summed E-state index contributed by atoms with van der Waals surface area (Å²) in [6.07, 6.45) is 0.190. The summed E-state index contributed by atoms with van der Waals surface area (Å²) in [6, 6.07) is 6.62. The van der Waals surface area contributed by atoms with E-state index >= 15 is 0 Å². The number of benzene rings is 1. The molecule has 0 amide bonds. The summed E-state index contributed by atoms with van der Waals surface area (Å²) in [5.74, 6) is 0. The number of halogens is 3. The van der Waals surface area contributed by atoms with E-state index in [1.165, 1.54) is 30.5 Å². The highest BCUT2D eigenvalue weighted by Crippen LogP contribution is 2.35. The monoisotopic (exact) mass is 265 g/mol. The van der Waals surface area contributed by atoms with Crippen molar-refractivity contribution in [1.29, 1.82) is 5.26 Å². The normalized spacial score (nSPS) is 18.2. The van der Waals surface area contributed by atoms with Crippen molar-refractivity contribution in [3.63, 3.8) is 0 Å². The summed E-state index contributed by atoms with van der Waals surface area (Å²) in [5.41, 5.74) is -0.331. The Morgan fingerprint density at radius 2 is 2.00 bits per heavy atom. The van der Waals surface area contributed by atoms with Gasteiger partial charge in [-0.1, -0.05) is 12.1 Å². The molecule has 98 valence electrons. The van der Waals surface area contributed by atoms with Crippen LogP contribution in [0, 0.1) is 11.3 Å². The molecule has 0 bridgehead atoms. The minimum atomic E-state index is -4.42. The van der Waals surface area contributed by atoms with Crippen molar-refractivity contribution in [2.45, 2.75) is 12.2 Å². The van der Waals surface area contributed by atoms with Gasteiger partial charge < -0.3 is 10.6 Å². The van der Waals surface area contributed by atoms with Gasteiger partial charge in [0.15, 0.2) is 0 Å². The zero-order chi connectivity index (χ0) is 13.9. The second-order valence-corrected chi connectivity index (χ2v) is 3.90. The first kappa shape index (κ1) is 13.0. The van der Waals surface area contributed by atoms with Crippen LogP contribution >= 0.6 is 0 Å². The maximum Gasteiger partial charge on any atom is 0.418 e. The van der Waals surface area contributed by atoms with Crippen LogP contribution in [0.4, 0.5) is 18.9 Å². The van der Waals surface area contributed by atoms with E-state index in [1.54, 1.807) is 6.08 Å². The van der Waals surface area contributed by atoms with Gasteiger partial charge in [-0.2, -0.15) is 18.4 Å². The summed E-state index contributed by atoms with van der Waals surface area (Å²) in [6.45, 7) is 0. The van der Waals surface area contributed by atoms with Gasteiger partial charge in [0.2, 0.25) is 0 Å². The first-order chi connectivity index (χ1) is 9.00. The lowest BCUT2D eigenvalue weighted by Crippen LogP contribution is -2.24. The Balaban J connectivity index is 2.28. The van der Waals surface area contributed by atoms with Gasteiger partial charge in [0, 0.05) is 5.70 Å². The predicted molar refractivity (Wildman–Crippen MR) is 64.8 cm³/mol. The number of nitriles is 1. The van der Waals surface area contributed by atoms with Crippen LogP contribution in [-0.2, 0) is 6.18 Å². The number of dihydropyridines is 1. The average Bonchev–Trinajstić information content (AvgIpc) is 2.38. The van der Waals surface area contributed by atoms with Crippen LogP contribution in [-0.4, -0.2) is 6.04 Å². The molecule has 19 heavy (non-hydrogen) atoms. The highest BCUT2D eigenvalue weighted by atomic mass is 19.4. The Morgan fingerprint density at radius 1 is 1.26 bits per heavy atom. The van der Waals surface area contributed by atoms with E-state index < -0.39 is 17.8 Å². The van der Waals surface area contributed by atoms with Gasteiger partial charge in [-0.3, -0.25) is 0 Å². The Hall–Kier alpha value is -2.42. The van der Waals surface area contributed by atoms with E-state index in [0.717, 1.165) is 6.07 Å². The molecule has 0 aliphatic carbocycles. The lowest BCUT2D eigenvalue weighted by atomic mass is 10.1. The van der Waals surface area contributed by atoms with Crippen LogP contribution in [0.5, 0.6) is 0 Å². The van der Waals surface area contributed by atoms with Crippen LogP contribution < -0.4 is 10.6 Å². The zero-order valence-corrected chi connectivity index (χ0v) is 9.70. The van der Waals surface area contributed by atoms with E-state index in [2.05, 4.69) is 10.6 Å². The average molecular weight is 265 g/mol. The minimum absolute atomic E-state index is 0.0375. The number of hydrogen-bond acceptors (Lipinski definition) is 3. The van der Waals surface area contributed by atoms with Crippen molar-refractivity contribution in [2.24, 2.45) is 0 Å². The number of hydrogen-bond donors (Lipinski definition) is 2. The van der Waals surface area contributed by atoms with Gasteiger partial charge in [-0.25, -0.2) is 0 Å². The minimum Gasteiger partial charge on any atom is -0.373 e. The molecule has 0 saturated heterocycles. The van der Waals surface area contributed by atoms with Crippen molar-refractivity contribution >= 4 is 5.69 Å². The molecular weight excluding hydrogens is 255 g/mol. The largest absolute Gasteiger partial charge is 0.418 e. The number of nitrogens with zero attached hydrogens (tertiary/aromatic N) is 1. The number of para-hydroxylation sites is 1. The number of anilines is 1. The van der Waals surface area contributed by atoms with Crippen molar-refractivity contribution in [3.8, 4) is 6.07 Å². The summed E-state index contributed by atoms with van der Waals surface area (Å²) >= 11 is 0. The third-order valence-electron chi connectivity index (χ3n) is 2.54. The Labute approximate surface area is 108 Å². The summed E-state index contributed by atoms with van der Waals surface area (Å²) in [4.78, 5) is 0. The molecule has 1 aromatic rings. The molecule has 1 unspecified atom stereocenters. The molecule has 1 heterocycles. The van der Waals surface area contributed by atoms with Gasteiger partial charge in [0.25, 0.3) is 0 Å². The Bertz CT molecular complexity index is 567. The number of rotatable bonds is 2. The molecule has 1 aliphatic heterocycles. The highest BCUT2D eigenvalue weighted by molar-refractivity contribution is 5.58. The van der Waals surface area contributed by atoms with Gasteiger partial charge in [0.05, 0.1) is 17.3 Å². The molecule has 1 atom stereocenters. The maximum absolute atomic E-state index is 12.8. The summed E-state index contributed by atoms with van der Waals surface area (Å²) < 4.78 is 38.4. The van der Waals surface area contributed by atoms with Crippen LogP contribution in [0.25, 0.3) is 0 Å². The van der Waals surface area contributed by atoms with Crippen LogP contribution in [0.1, 0.15) is 5.56 Å². The first-order valence-corrected chi connectivity index (χ1v) is 5.48.